The van der Waals surface area contributed by atoms with Crippen LogP contribution in [0, 0.1) is 0 Å². The molecule has 0 unspecified atom stereocenters. The summed E-state index contributed by atoms with van der Waals surface area (Å²) >= 11 is 0. The minimum Gasteiger partial charge on any atom is -0.491 e. The quantitative estimate of drug-likeness (QED) is 0.742. The summed E-state index contributed by atoms with van der Waals surface area (Å²) in [6.45, 7) is 3.84. The lowest BCUT2D eigenvalue weighted by atomic mass is 10.1. The molecule has 78 valence electrons. The second-order valence-corrected chi connectivity index (χ2v) is 3.61. The van der Waals surface area contributed by atoms with Crippen molar-refractivity contribution in [1.82, 2.24) is 9.97 Å². The zero-order valence-corrected chi connectivity index (χ0v) is 8.61. The number of methoxy groups -OCH3 is 1. The third-order valence-corrected chi connectivity index (χ3v) is 1.59. The fourth-order valence-electron chi connectivity index (χ4n) is 0.899. The lowest BCUT2D eigenvalue weighted by molar-refractivity contribution is 0.0943. The molecule has 0 bridgehead atoms. The predicted molar refractivity (Wildman–Crippen MR) is 53.4 cm³/mol. The first-order chi connectivity index (χ1) is 6.53. The highest BCUT2D eigenvalue weighted by molar-refractivity contribution is 5.47. The van der Waals surface area contributed by atoms with Crippen LogP contribution in [-0.4, -0.2) is 34.3 Å². The molecule has 1 heterocycles. The molecule has 0 amide bonds. The topological polar surface area (TPSA) is 67.3 Å². The van der Waals surface area contributed by atoms with Gasteiger partial charge in [-0.05, 0) is 13.8 Å². The third-order valence-electron chi connectivity index (χ3n) is 1.59. The molecule has 0 saturated carbocycles. The van der Waals surface area contributed by atoms with Gasteiger partial charge in [0.2, 0.25) is 0 Å². The molecule has 0 aliphatic heterocycles. The first kappa shape index (κ1) is 10.7. The molecule has 0 spiro atoms. The summed E-state index contributed by atoms with van der Waals surface area (Å²) in [4.78, 5) is 7.82. The van der Waals surface area contributed by atoms with Gasteiger partial charge in [-0.15, -0.1) is 0 Å². The van der Waals surface area contributed by atoms with Gasteiger partial charge < -0.3 is 15.2 Å². The first-order valence-corrected chi connectivity index (χ1v) is 4.33. The molecule has 0 atom stereocenters. The predicted octanol–water partition coefficient (Wildman–Crippen LogP) is 0.668. The van der Waals surface area contributed by atoms with E-state index in [0.717, 1.165) is 0 Å². The lowest BCUT2D eigenvalue weighted by Gasteiger charge is -2.18. The molecule has 0 aliphatic rings. The Bertz CT molecular complexity index is 296. The third kappa shape index (κ3) is 3.18. The van der Waals surface area contributed by atoms with Gasteiger partial charge in [-0.1, -0.05) is 0 Å². The van der Waals surface area contributed by atoms with Crippen molar-refractivity contribution < 1.29 is 9.84 Å². The van der Waals surface area contributed by atoms with Gasteiger partial charge >= 0.3 is 0 Å². The molecule has 0 radical (unpaired) electrons. The maximum absolute atomic E-state index is 9.50. The summed E-state index contributed by atoms with van der Waals surface area (Å²) in [5.74, 6) is 1.15. The highest BCUT2D eigenvalue weighted by atomic mass is 16.5. The summed E-state index contributed by atoms with van der Waals surface area (Å²) in [6, 6.07) is 0. The van der Waals surface area contributed by atoms with E-state index in [1.54, 1.807) is 27.2 Å². The monoisotopic (exact) mass is 197 g/mol. The summed E-state index contributed by atoms with van der Waals surface area (Å²) in [5, 5.41) is 12.5. The number of nitrogens with zero attached hydrogens (tertiary/aromatic N) is 2. The van der Waals surface area contributed by atoms with E-state index >= 15 is 0 Å². The highest BCUT2D eigenvalue weighted by Crippen LogP contribution is 2.19. The van der Waals surface area contributed by atoms with Crippen LogP contribution in [0.1, 0.15) is 13.8 Å². The van der Waals surface area contributed by atoms with Crippen LogP contribution >= 0.6 is 0 Å². The standard InChI is InChI=1S/C9H15N3O2/c1-9(2,13)5-11-8-7(14-3)4-10-6-12-8/h4,6,13H,5H2,1-3H3,(H,10,11,12). The SMILES string of the molecule is COc1cncnc1NCC(C)(C)O. The molecular formula is C9H15N3O2. The Morgan fingerprint density at radius 1 is 1.57 bits per heavy atom. The molecular weight excluding hydrogens is 182 g/mol. The Morgan fingerprint density at radius 2 is 2.29 bits per heavy atom. The van der Waals surface area contributed by atoms with Crippen LogP contribution in [0.25, 0.3) is 0 Å². The smallest absolute Gasteiger partial charge is 0.179 e. The van der Waals surface area contributed by atoms with E-state index in [0.29, 0.717) is 18.1 Å². The number of ether oxygens (including phenoxy) is 1. The van der Waals surface area contributed by atoms with Gasteiger partial charge in [0.25, 0.3) is 0 Å². The Morgan fingerprint density at radius 3 is 2.86 bits per heavy atom. The number of aliphatic hydroxyl groups is 1. The zero-order valence-electron chi connectivity index (χ0n) is 8.61. The van der Waals surface area contributed by atoms with Gasteiger partial charge in [-0.25, -0.2) is 9.97 Å². The highest BCUT2D eigenvalue weighted by Gasteiger charge is 2.13. The van der Waals surface area contributed by atoms with Crippen LogP contribution in [0.4, 0.5) is 5.82 Å². The van der Waals surface area contributed by atoms with Crippen LogP contribution < -0.4 is 10.1 Å². The van der Waals surface area contributed by atoms with Crippen LogP contribution in [0.5, 0.6) is 5.75 Å². The lowest BCUT2D eigenvalue weighted by Crippen LogP contribution is -2.29. The molecule has 0 fully saturated rings. The number of aromatic nitrogens is 2. The molecule has 2 N–H and O–H groups in total. The van der Waals surface area contributed by atoms with Crippen LogP contribution in [0.3, 0.4) is 0 Å². The second-order valence-electron chi connectivity index (χ2n) is 3.61. The number of hydrogen-bond acceptors (Lipinski definition) is 5. The fraction of sp³-hybridized carbons (Fsp3) is 0.556. The van der Waals surface area contributed by atoms with Gasteiger partial charge in [0.15, 0.2) is 11.6 Å². The second kappa shape index (κ2) is 4.23. The average molecular weight is 197 g/mol. The van der Waals surface area contributed by atoms with Gasteiger partial charge in [-0.3, -0.25) is 0 Å². The van der Waals surface area contributed by atoms with Crippen molar-refractivity contribution in [3.05, 3.63) is 12.5 Å². The van der Waals surface area contributed by atoms with Gasteiger partial charge in [0.1, 0.15) is 6.33 Å². The molecule has 14 heavy (non-hydrogen) atoms. The first-order valence-electron chi connectivity index (χ1n) is 4.33. The van der Waals surface area contributed by atoms with Gasteiger partial charge in [0, 0.05) is 6.54 Å². The minimum atomic E-state index is -0.782. The van der Waals surface area contributed by atoms with E-state index in [2.05, 4.69) is 15.3 Å². The Balaban J connectivity index is 2.67. The van der Waals surface area contributed by atoms with E-state index in [1.165, 1.54) is 6.33 Å². The largest absolute Gasteiger partial charge is 0.491 e. The van der Waals surface area contributed by atoms with Crippen molar-refractivity contribution in [1.29, 1.82) is 0 Å². The van der Waals surface area contributed by atoms with E-state index in [1.807, 2.05) is 0 Å². The molecule has 5 heteroatoms. The molecule has 1 aromatic rings. The summed E-state index contributed by atoms with van der Waals surface area (Å²) in [5.41, 5.74) is -0.782. The fourth-order valence-corrected chi connectivity index (χ4v) is 0.899. The summed E-state index contributed by atoms with van der Waals surface area (Å²) in [6.07, 6.45) is 2.99. The Labute approximate surface area is 83.2 Å². The van der Waals surface area contributed by atoms with Crippen molar-refractivity contribution in [2.24, 2.45) is 0 Å². The Hall–Kier alpha value is -1.36. The van der Waals surface area contributed by atoms with Crippen LogP contribution in [0.15, 0.2) is 12.5 Å². The average Bonchev–Trinajstić information content (AvgIpc) is 2.14. The number of anilines is 1. The zero-order chi connectivity index (χ0) is 10.6. The molecule has 1 aromatic heterocycles. The van der Waals surface area contributed by atoms with Crippen LogP contribution in [-0.2, 0) is 0 Å². The van der Waals surface area contributed by atoms with E-state index in [4.69, 9.17) is 4.74 Å². The van der Waals surface area contributed by atoms with Crippen molar-refractivity contribution in [2.75, 3.05) is 19.0 Å². The number of nitrogens with one attached hydrogen (secondary N) is 1. The number of rotatable bonds is 4. The molecule has 5 nitrogen and oxygen atoms in total. The van der Waals surface area contributed by atoms with Crippen molar-refractivity contribution in [3.8, 4) is 5.75 Å². The summed E-state index contributed by atoms with van der Waals surface area (Å²) in [7, 11) is 1.55. The summed E-state index contributed by atoms with van der Waals surface area (Å²) < 4.78 is 5.04. The van der Waals surface area contributed by atoms with Gasteiger partial charge in [-0.2, -0.15) is 0 Å². The maximum atomic E-state index is 9.50. The van der Waals surface area contributed by atoms with Crippen molar-refractivity contribution >= 4 is 5.82 Å². The van der Waals surface area contributed by atoms with E-state index in [-0.39, 0.29) is 0 Å². The Kier molecular flexibility index (Phi) is 3.24. The van der Waals surface area contributed by atoms with E-state index in [9.17, 15) is 5.11 Å². The molecule has 0 aromatic carbocycles. The molecule has 0 saturated heterocycles. The maximum Gasteiger partial charge on any atom is 0.179 e. The normalized spacial score (nSPS) is 11.1. The van der Waals surface area contributed by atoms with Crippen molar-refractivity contribution in [3.63, 3.8) is 0 Å². The molecule has 1 rings (SSSR count). The van der Waals surface area contributed by atoms with Crippen molar-refractivity contribution in [2.45, 2.75) is 19.4 Å². The van der Waals surface area contributed by atoms with Crippen LogP contribution in [0.2, 0.25) is 0 Å². The minimum absolute atomic E-state index is 0.403. The molecule has 0 aliphatic carbocycles. The van der Waals surface area contributed by atoms with E-state index < -0.39 is 5.60 Å². The van der Waals surface area contributed by atoms with Gasteiger partial charge in [0.05, 0.1) is 18.9 Å². The number of hydrogen-bond donors (Lipinski definition) is 2.